The van der Waals surface area contributed by atoms with Gasteiger partial charge in [-0.25, -0.2) is 4.79 Å². The van der Waals surface area contributed by atoms with Crippen molar-refractivity contribution >= 4 is 5.97 Å². The minimum Gasteiger partial charge on any atom is -0.490 e. The highest BCUT2D eigenvalue weighted by Gasteiger charge is 2.21. The van der Waals surface area contributed by atoms with E-state index >= 15 is 0 Å². The van der Waals surface area contributed by atoms with Crippen molar-refractivity contribution in [3.05, 3.63) is 29.8 Å². The van der Waals surface area contributed by atoms with Gasteiger partial charge in [-0.3, -0.25) is 0 Å². The van der Waals surface area contributed by atoms with Gasteiger partial charge >= 0.3 is 5.97 Å². The molecular formula is C15H21NO3. The van der Waals surface area contributed by atoms with Crippen molar-refractivity contribution in [2.45, 2.75) is 25.9 Å². The molecule has 0 saturated carbocycles. The van der Waals surface area contributed by atoms with E-state index in [1.54, 1.807) is 12.1 Å². The first-order valence-electron chi connectivity index (χ1n) is 6.76. The summed E-state index contributed by atoms with van der Waals surface area (Å²) in [6, 6.07) is 7.10. The maximum Gasteiger partial charge on any atom is 0.337 e. The van der Waals surface area contributed by atoms with Gasteiger partial charge in [0.15, 0.2) is 0 Å². The third-order valence-corrected chi connectivity index (χ3v) is 3.60. The summed E-state index contributed by atoms with van der Waals surface area (Å²) < 4.78 is 10.6. The Morgan fingerprint density at radius 2 is 2.11 bits per heavy atom. The van der Waals surface area contributed by atoms with Gasteiger partial charge in [0.2, 0.25) is 0 Å². The zero-order valence-electron chi connectivity index (χ0n) is 11.5. The summed E-state index contributed by atoms with van der Waals surface area (Å²) in [4.78, 5) is 11.3. The van der Waals surface area contributed by atoms with E-state index in [9.17, 15) is 4.79 Å². The molecule has 1 N–H and O–H groups in total. The smallest absolute Gasteiger partial charge is 0.337 e. The second-order valence-corrected chi connectivity index (χ2v) is 4.95. The lowest BCUT2D eigenvalue weighted by atomic mass is 9.94. The molecule has 4 nitrogen and oxygen atoms in total. The maximum absolute atomic E-state index is 11.3. The highest BCUT2D eigenvalue weighted by atomic mass is 16.5. The number of ether oxygens (including phenoxy) is 2. The number of nitrogens with one attached hydrogen (secondary N) is 1. The van der Waals surface area contributed by atoms with E-state index in [1.165, 1.54) is 20.0 Å². The average molecular weight is 263 g/mol. The largest absolute Gasteiger partial charge is 0.490 e. The lowest BCUT2D eigenvalue weighted by molar-refractivity contribution is 0.0600. The number of carbonyl (C=O) groups excluding carboxylic acids is 1. The van der Waals surface area contributed by atoms with E-state index in [4.69, 9.17) is 4.74 Å². The summed E-state index contributed by atoms with van der Waals surface area (Å²) in [5.41, 5.74) is 0.543. The fourth-order valence-electron chi connectivity index (χ4n) is 2.38. The van der Waals surface area contributed by atoms with Gasteiger partial charge < -0.3 is 14.8 Å². The quantitative estimate of drug-likeness (QED) is 0.846. The summed E-state index contributed by atoms with van der Waals surface area (Å²) in [6.45, 7) is 4.23. The molecule has 104 valence electrons. The molecule has 1 aliphatic rings. The van der Waals surface area contributed by atoms with E-state index in [0.29, 0.717) is 11.5 Å². The van der Waals surface area contributed by atoms with Crippen molar-refractivity contribution in [1.82, 2.24) is 5.32 Å². The van der Waals surface area contributed by atoms with Crippen LogP contribution in [0.2, 0.25) is 0 Å². The number of hydrogen-bond acceptors (Lipinski definition) is 4. The minimum atomic E-state index is -0.323. The monoisotopic (exact) mass is 263 g/mol. The van der Waals surface area contributed by atoms with Crippen LogP contribution in [0.25, 0.3) is 0 Å². The van der Waals surface area contributed by atoms with Crippen LogP contribution in [-0.2, 0) is 4.74 Å². The Morgan fingerprint density at radius 3 is 2.68 bits per heavy atom. The number of rotatable bonds is 4. The number of hydrogen-bond donors (Lipinski definition) is 1. The van der Waals surface area contributed by atoms with Crippen LogP contribution in [-0.4, -0.2) is 32.3 Å². The molecule has 19 heavy (non-hydrogen) atoms. The molecule has 1 aliphatic heterocycles. The van der Waals surface area contributed by atoms with Crippen molar-refractivity contribution < 1.29 is 14.3 Å². The van der Waals surface area contributed by atoms with Crippen molar-refractivity contribution in [1.29, 1.82) is 0 Å². The number of benzene rings is 1. The van der Waals surface area contributed by atoms with E-state index in [1.807, 2.05) is 12.1 Å². The zero-order chi connectivity index (χ0) is 13.7. The summed E-state index contributed by atoms with van der Waals surface area (Å²) in [5.74, 6) is 1.02. The molecule has 1 aromatic rings. The number of methoxy groups -OCH3 is 1. The summed E-state index contributed by atoms with van der Waals surface area (Å²) in [7, 11) is 1.38. The van der Waals surface area contributed by atoms with Gasteiger partial charge in [0, 0.05) is 12.5 Å². The lowest BCUT2D eigenvalue weighted by Gasteiger charge is -2.28. The first-order valence-corrected chi connectivity index (χ1v) is 6.76. The first kappa shape index (κ1) is 13.9. The van der Waals surface area contributed by atoms with Gasteiger partial charge in [0.05, 0.1) is 18.8 Å². The number of esters is 1. The SMILES string of the molecule is COC(=O)c1ccc(OC(C)C2CCCNC2)cc1. The molecule has 1 saturated heterocycles. The molecule has 2 unspecified atom stereocenters. The van der Waals surface area contributed by atoms with Gasteiger partial charge in [0.25, 0.3) is 0 Å². The van der Waals surface area contributed by atoms with Gasteiger partial charge in [-0.2, -0.15) is 0 Å². The van der Waals surface area contributed by atoms with Crippen LogP contribution in [0.3, 0.4) is 0 Å². The standard InChI is InChI=1S/C15H21NO3/c1-11(13-4-3-9-16-10-13)19-14-7-5-12(6-8-14)15(17)18-2/h5-8,11,13,16H,3-4,9-10H2,1-2H3. The molecule has 1 fully saturated rings. The fraction of sp³-hybridized carbons (Fsp3) is 0.533. The highest BCUT2D eigenvalue weighted by molar-refractivity contribution is 5.89. The second kappa shape index (κ2) is 6.57. The third kappa shape index (κ3) is 3.70. The summed E-state index contributed by atoms with van der Waals surface area (Å²) >= 11 is 0. The molecular weight excluding hydrogens is 242 g/mol. The normalized spacial score (nSPS) is 20.6. The minimum absolute atomic E-state index is 0.178. The molecule has 2 rings (SSSR count). The van der Waals surface area contributed by atoms with Gasteiger partial charge in [-0.1, -0.05) is 0 Å². The van der Waals surface area contributed by atoms with Crippen LogP contribution in [0, 0.1) is 5.92 Å². The highest BCUT2D eigenvalue weighted by Crippen LogP contribution is 2.21. The molecule has 4 heteroatoms. The topological polar surface area (TPSA) is 47.6 Å². The van der Waals surface area contributed by atoms with Crippen molar-refractivity contribution in [2.24, 2.45) is 5.92 Å². The first-order chi connectivity index (χ1) is 9.20. The van der Waals surface area contributed by atoms with E-state index < -0.39 is 0 Å². The summed E-state index contributed by atoms with van der Waals surface area (Å²) in [5, 5.41) is 3.39. The van der Waals surface area contributed by atoms with E-state index in [-0.39, 0.29) is 12.1 Å². The van der Waals surface area contributed by atoms with Crippen LogP contribution >= 0.6 is 0 Å². The molecule has 0 amide bonds. The lowest BCUT2D eigenvalue weighted by Crippen LogP contribution is -2.37. The predicted molar refractivity (Wildman–Crippen MR) is 73.5 cm³/mol. The van der Waals surface area contributed by atoms with Crippen LogP contribution in [0.4, 0.5) is 0 Å². The molecule has 1 heterocycles. The zero-order valence-corrected chi connectivity index (χ0v) is 11.5. The Labute approximate surface area is 114 Å². The molecule has 0 radical (unpaired) electrons. The molecule has 0 aliphatic carbocycles. The second-order valence-electron chi connectivity index (χ2n) is 4.95. The maximum atomic E-state index is 11.3. The van der Waals surface area contributed by atoms with Crippen LogP contribution in [0.1, 0.15) is 30.1 Å². The van der Waals surface area contributed by atoms with Crippen LogP contribution in [0.15, 0.2) is 24.3 Å². The molecule has 0 bridgehead atoms. The third-order valence-electron chi connectivity index (χ3n) is 3.60. The molecule has 0 aromatic heterocycles. The van der Waals surface area contributed by atoms with E-state index in [2.05, 4.69) is 17.0 Å². The average Bonchev–Trinajstić information content (AvgIpc) is 2.48. The Hall–Kier alpha value is -1.55. The van der Waals surface area contributed by atoms with Crippen molar-refractivity contribution in [3.8, 4) is 5.75 Å². The van der Waals surface area contributed by atoms with Crippen molar-refractivity contribution in [2.75, 3.05) is 20.2 Å². The van der Waals surface area contributed by atoms with Gasteiger partial charge in [-0.05, 0) is 50.6 Å². The molecule has 0 spiro atoms. The van der Waals surface area contributed by atoms with Gasteiger partial charge in [-0.15, -0.1) is 0 Å². The van der Waals surface area contributed by atoms with E-state index in [0.717, 1.165) is 18.8 Å². The Morgan fingerprint density at radius 1 is 1.37 bits per heavy atom. The molecule has 2 atom stereocenters. The Balaban J connectivity index is 1.93. The number of piperidine rings is 1. The summed E-state index contributed by atoms with van der Waals surface area (Å²) in [6.07, 6.45) is 2.59. The predicted octanol–water partition coefficient (Wildman–Crippen LogP) is 2.24. The number of carbonyl (C=O) groups is 1. The Bertz CT molecular complexity index is 410. The van der Waals surface area contributed by atoms with Gasteiger partial charge in [0.1, 0.15) is 5.75 Å². The fourth-order valence-corrected chi connectivity index (χ4v) is 2.38. The van der Waals surface area contributed by atoms with Crippen molar-refractivity contribution in [3.63, 3.8) is 0 Å². The van der Waals surface area contributed by atoms with Crippen LogP contribution < -0.4 is 10.1 Å². The Kier molecular flexibility index (Phi) is 4.80. The van der Waals surface area contributed by atoms with Crippen LogP contribution in [0.5, 0.6) is 5.75 Å². The molecule has 1 aromatic carbocycles.